The lowest BCUT2D eigenvalue weighted by Gasteiger charge is -2.20. The minimum Gasteiger partial charge on any atom is -0.465 e. The van der Waals surface area contributed by atoms with E-state index in [9.17, 15) is 9.59 Å². The van der Waals surface area contributed by atoms with Gasteiger partial charge in [0.25, 0.3) is 0 Å². The number of nitrogens with zero attached hydrogens (tertiary/aromatic N) is 1. The van der Waals surface area contributed by atoms with Crippen LogP contribution in [0.25, 0.3) is 0 Å². The van der Waals surface area contributed by atoms with Gasteiger partial charge in [0.1, 0.15) is 0 Å². The van der Waals surface area contributed by atoms with E-state index in [4.69, 9.17) is 9.47 Å². The molecule has 0 aromatic heterocycles. The summed E-state index contributed by atoms with van der Waals surface area (Å²) in [7, 11) is 1.63. The van der Waals surface area contributed by atoms with Gasteiger partial charge in [-0.15, -0.1) is 0 Å². The van der Waals surface area contributed by atoms with E-state index < -0.39 is 0 Å². The highest BCUT2D eigenvalue weighted by molar-refractivity contribution is 5.79. The van der Waals surface area contributed by atoms with Gasteiger partial charge in [-0.3, -0.25) is 14.5 Å². The van der Waals surface area contributed by atoms with Crippen LogP contribution in [0.1, 0.15) is 26.2 Å². The Labute approximate surface area is 114 Å². The molecule has 1 aliphatic carbocycles. The maximum atomic E-state index is 11.7. The van der Waals surface area contributed by atoms with Crippen LogP contribution in [0.4, 0.5) is 0 Å². The molecule has 0 aliphatic heterocycles. The smallest absolute Gasteiger partial charge is 0.320 e. The fourth-order valence-corrected chi connectivity index (χ4v) is 1.81. The van der Waals surface area contributed by atoms with Crippen LogP contribution >= 0.6 is 0 Å². The topological polar surface area (TPSA) is 67.9 Å². The predicted molar refractivity (Wildman–Crippen MR) is 70.7 cm³/mol. The van der Waals surface area contributed by atoms with Crippen LogP contribution in [0.3, 0.4) is 0 Å². The zero-order valence-corrected chi connectivity index (χ0v) is 11.8. The van der Waals surface area contributed by atoms with Gasteiger partial charge in [-0.05, 0) is 26.2 Å². The molecule has 0 heterocycles. The first-order valence-corrected chi connectivity index (χ1v) is 6.82. The molecule has 1 rings (SSSR count). The Bertz CT molecular complexity index is 292. The minimum absolute atomic E-state index is 0.0488. The SMILES string of the molecule is CCOC(=O)CN(CC(=O)NCCCOC)C1CC1. The second-order valence-electron chi connectivity index (χ2n) is 4.64. The fourth-order valence-electron chi connectivity index (χ4n) is 1.81. The van der Waals surface area contributed by atoms with Crippen LogP contribution in [0.15, 0.2) is 0 Å². The van der Waals surface area contributed by atoms with Crippen LogP contribution in [-0.4, -0.2) is 62.8 Å². The van der Waals surface area contributed by atoms with E-state index in [0.717, 1.165) is 19.3 Å². The van der Waals surface area contributed by atoms with Crippen LogP contribution in [0.5, 0.6) is 0 Å². The molecule has 0 radical (unpaired) electrons. The Morgan fingerprint density at radius 3 is 2.63 bits per heavy atom. The lowest BCUT2D eigenvalue weighted by atomic mass is 10.4. The van der Waals surface area contributed by atoms with Crippen molar-refractivity contribution >= 4 is 11.9 Å². The number of carbonyl (C=O) groups is 2. The lowest BCUT2D eigenvalue weighted by Crippen LogP contribution is -2.41. The molecule has 6 heteroatoms. The van der Waals surface area contributed by atoms with Crippen LogP contribution in [-0.2, 0) is 19.1 Å². The molecule has 0 aromatic rings. The van der Waals surface area contributed by atoms with Gasteiger partial charge in [0.05, 0.1) is 19.7 Å². The fraction of sp³-hybridized carbons (Fsp3) is 0.846. The summed E-state index contributed by atoms with van der Waals surface area (Å²) in [4.78, 5) is 25.1. The third kappa shape index (κ3) is 7.12. The van der Waals surface area contributed by atoms with Crippen molar-refractivity contribution in [3.8, 4) is 0 Å². The zero-order chi connectivity index (χ0) is 14.1. The Balaban J connectivity index is 2.24. The highest BCUT2D eigenvalue weighted by Gasteiger charge is 2.31. The van der Waals surface area contributed by atoms with Gasteiger partial charge in [0, 0.05) is 26.3 Å². The Kier molecular flexibility index (Phi) is 7.43. The van der Waals surface area contributed by atoms with E-state index in [1.165, 1.54) is 0 Å². The summed E-state index contributed by atoms with van der Waals surface area (Å²) in [5.74, 6) is -0.311. The second-order valence-corrected chi connectivity index (χ2v) is 4.64. The van der Waals surface area contributed by atoms with Gasteiger partial charge in [0.2, 0.25) is 5.91 Å². The van der Waals surface area contributed by atoms with Gasteiger partial charge in [-0.1, -0.05) is 0 Å². The summed E-state index contributed by atoms with van der Waals surface area (Å²) in [6.45, 7) is 3.85. The molecule has 19 heavy (non-hydrogen) atoms. The molecule has 0 unspecified atom stereocenters. The standard InChI is InChI=1S/C13H24N2O4/c1-3-19-13(17)10-15(11-5-6-11)9-12(16)14-7-4-8-18-2/h11H,3-10H2,1-2H3,(H,14,16). The Morgan fingerprint density at radius 1 is 1.32 bits per heavy atom. The molecule has 1 aliphatic rings. The van der Waals surface area contributed by atoms with Crippen molar-refractivity contribution in [2.75, 3.05) is 40.0 Å². The summed E-state index contributed by atoms with van der Waals surface area (Å²) < 4.78 is 9.83. The van der Waals surface area contributed by atoms with Gasteiger partial charge in [-0.25, -0.2) is 0 Å². The highest BCUT2D eigenvalue weighted by atomic mass is 16.5. The second kappa shape index (κ2) is 8.87. The number of esters is 1. The van der Waals surface area contributed by atoms with Crippen molar-refractivity contribution in [3.05, 3.63) is 0 Å². The van der Waals surface area contributed by atoms with Crippen LogP contribution < -0.4 is 5.32 Å². The third-order valence-corrected chi connectivity index (χ3v) is 2.89. The number of hydrogen-bond acceptors (Lipinski definition) is 5. The molecular weight excluding hydrogens is 248 g/mol. The van der Waals surface area contributed by atoms with Crippen LogP contribution in [0.2, 0.25) is 0 Å². The summed E-state index contributed by atoms with van der Waals surface area (Å²) in [5, 5.41) is 2.82. The van der Waals surface area contributed by atoms with E-state index in [0.29, 0.717) is 25.8 Å². The molecule has 110 valence electrons. The summed E-state index contributed by atoms with van der Waals surface area (Å²) >= 11 is 0. The van der Waals surface area contributed by atoms with Gasteiger partial charge in [0.15, 0.2) is 0 Å². The van der Waals surface area contributed by atoms with Gasteiger partial charge >= 0.3 is 5.97 Å². The number of rotatable bonds is 10. The Hall–Kier alpha value is -1.14. The Morgan fingerprint density at radius 2 is 2.05 bits per heavy atom. The number of amides is 1. The normalized spacial score (nSPS) is 14.5. The van der Waals surface area contributed by atoms with Crippen molar-refractivity contribution in [2.45, 2.75) is 32.2 Å². The predicted octanol–water partition coefficient (Wildman–Crippen LogP) is 0.167. The maximum Gasteiger partial charge on any atom is 0.320 e. The lowest BCUT2D eigenvalue weighted by molar-refractivity contribution is -0.144. The summed E-state index contributed by atoms with van der Waals surface area (Å²) in [6.07, 6.45) is 2.90. The molecule has 6 nitrogen and oxygen atoms in total. The number of carbonyl (C=O) groups excluding carboxylic acids is 2. The molecule has 1 fully saturated rings. The van der Waals surface area contributed by atoms with Crippen molar-refractivity contribution in [3.63, 3.8) is 0 Å². The molecule has 1 saturated carbocycles. The number of methoxy groups -OCH3 is 1. The molecule has 0 aromatic carbocycles. The average molecular weight is 272 g/mol. The molecule has 1 amide bonds. The first kappa shape index (κ1) is 15.9. The summed E-state index contributed by atoms with van der Waals surface area (Å²) in [6, 6.07) is 0.356. The molecule has 1 N–H and O–H groups in total. The number of ether oxygens (including phenoxy) is 2. The van der Waals surface area contributed by atoms with E-state index in [1.54, 1.807) is 14.0 Å². The molecule has 0 bridgehead atoms. The molecular formula is C13H24N2O4. The highest BCUT2D eigenvalue weighted by Crippen LogP contribution is 2.26. The van der Waals surface area contributed by atoms with E-state index >= 15 is 0 Å². The maximum absolute atomic E-state index is 11.7. The first-order valence-electron chi connectivity index (χ1n) is 6.82. The van der Waals surface area contributed by atoms with Crippen molar-refractivity contribution in [2.24, 2.45) is 0 Å². The quantitative estimate of drug-likeness (QED) is 0.453. The molecule has 0 atom stereocenters. The van der Waals surface area contributed by atoms with Crippen molar-refractivity contribution in [1.29, 1.82) is 0 Å². The van der Waals surface area contributed by atoms with Crippen LogP contribution in [0, 0.1) is 0 Å². The van der Waals surface area contributed by atoms with Gasteiger partial charge < -0.3 is 14.8 Å². The largest absolute Gasteiger partial charge is 0.465 e. The monoisotopic (exact) mass is 272 g/mol. The van der Waals surface area contributed by atoms with E-state index in [2.05, 4.69) is 5.32 Å². The third-order valence-electron chi connectivity index (χ3n) is 2.89. The summed E-state index contributed by atoms with van der Waals surface area (Å²) in [5.41, 5.74) is 0. The first-order chi connectivity index (χ1) is 9.17. The molecule has 0 saturated heterocycles. The minimum atomic E-state index is -0.262. The van der Waals surface area contributed by atoms with E-state index in [-0.39, 0.29) is 25.0 Å². The van der Waals surface area contributed by atoms with Gasteiger partial charge in [-0.2, -0.15) is 0 Å². The van der Waals surface area contributed by atoms with Crippen molar-refractivity contribution in [1.82, 2.24) is 10.2 Å². The average Bonchev–Trinajstić information content (AvgIpc) is 3.18. The zero-order valence-electron chi connectivity index (χ0n) is 11.8. The molecule has 0 spiro atoms. The number of hydrogen-bond donors (Lipinski definition) is 1. The van der Waals surface area contributed by atoms with Crippen molar-refractivity contribution < 1.29 is 19.1 Å². The van der Waals surface area contributed by atoms with E-state index in [1.807, 2.05) is 4.90 Å². The number of nitrogens with one attached hydrogen (secondary N) is 1.